The number of ether oxygens (including phenoxy) is 2. The minimum Gasteiger partial charge on any atom is -0.497 e. The standard InChI is InChI=1S/C18H20N2O4/c1-23-15-8-5-7-14(12-15)20-18(22)17(21)19-11-10-13-6-3-4-9-16(13)24-2/h3-9,12H,10-11H2,1-2H3,(H,19,21)(H,20,22). The molecule has 2 amide bonds. The molecule has 0 atom stereocenters. The molecule has 0 radical (unpaired) electrons. The normalized spacial score (nSPS) is 9.92. The van der Waals surface area contributed by atoms with Crippen molar-refractivity contribution >= 4 is 17.5 Å². The quantitative estimate of drug-likeness (QED) is 0.795. The Kier molecular flexibility index (Phi) is 6.19. The maximum Gasteiger partial charge on any atom is 0.313 e. The van der Waals surface area contributed by atoms with E-state index in [0.29, 0.717) is 24.4 Å². The highest BCUT2D eigenvalue weighted by Crippen LogP contribution is 2.17. The number of methoxy groups -OCH3 is 2. The SMILES string of the molecule is COc1cccc(NC(=O)C(=O)NCCc2ccccc2OC)c1. The molecule has 0 heterocycles. The summed E-state index contributed by atoms with van der Waals surface area (Å²) in [5.41, 5.74) is 1.47. The van der Waals surface area contributed by atoms with E-state index < -0.39 is 11.8 Å². The molecule has 126 valence electrons. The lowest BCUT2D eigenvalue weighted by Crippen LogP contribution is -2.36. The minimum absolute atomic E-state index is 0.338. The van der Waals surface area contributed by atoms with Crippen molar-refractivity contribution in [3.63, 3.8) is 0 Å². The Morgan fingerprint density at radius 2 is 1.75 bits per heavy atom. The van der Waals surface area contributed by atoms with E-state index in [-0.39, 0.29) is 0 Å². The van der Waals surface area contributed by atoms with Crippen molar-refractivity contribution in [2.45, 2.75) is 6.42 Å². The highest BCUT2D eigenvalue weighted by molar-refractivity contribution is 6.39. The van der Waals surface area contributed by atoms with Crippen LogP contribution in [0.1, 0.15) is 5.56 Å². The molecule has 6 nitrogen and oxygen atoms in total. The number of anilines is 1. The third-order valence-corrected chi connectivity index (χ3v) is 3.41. The first-order chi connectivity index (χ1) is 11.6. The largest absolute Gasteiger partial charge is 0.497 e. The second-order valence-corrected chi connectivity index (χ2v) is 5.00. The zero-order valence-corrected chi connectivity index (χ0v) is 13.7. The Hall–Kier alpha value is -3.02. The van der Waals surface area contributed by atoms with Crippen LogP contribution in [-0.2, 0) is 16.0 Å². The molecule has 0 bridgehead atoms. The summed E-state index contributed by atoms with van der Waals surface area (Å²) < 4.78 is 10.3. The van der Waals surface area contributed by atoms with Gasteiger partial charge in [0.25, 0.3) is 0 Å². The molecule has 2 aromatic rings. The van der Waals surface area contributed by atoms with Gasteiger partial charge in [-0.25, -0.2) is 0 Å². The average molecular weight is 328 g/mol. The maximum atomic E-state index is 11.9. The summed E-state index contributed by atoms with van der Waals surface area (Å²) in [6.45, 7) is 0.338. The van der Waals surface area contributed by atoms with Crippen LogP contribution < -0.4 is 20.1 Å². The lowest BCUT2D eigenvalue weighted by Gasteiger charge is -2.09. The molecule has 0 saturated carbocycles. The van der Waals surface area contributed by atoms with Crippen LogP contribution in [0.4, 0.5) is 5.69 Å². The van der Waals surface area contributed by atoms with Crippen LogP contribution >= 0.6 is 0 Å². The first-order valence-electron chi connectivity index (χ1n) is 7.49. The summed E-state index contributed by atoms with van der Waals surface area (Å²) in [4.78, 5) is 23.7. The fraction of sp³-hybridized carbons (Fsp3) is 0.222. The number of rotatable bonds is 6. The van der Waals surface area contributed by atoms with Gasteiger partial charge in [0.2, 0.25) is 0 Å². The van der Waals surface area contributed by atoms with Crippen molar-refractivity contribution < 1.29 is 19.1 Å². The monoisotopic (exact) mass is 328 g/mol. The molecule has 6 heteroatoms. The van der Waals surface area contributed by atoms with Gasteiger partial charge in [-0.15, -0.1) is 0 Å². The van der Waals surface area contributed by atoms with E-state index in [9.17, 15) is 9.59 Å². The number of nitrogens with one attached hydrogen (secondary N) is 2. The van der Waals surface area contributed by atoms with Crippen LogP contribution in [0.15, 0.2) is 48.5 Å². The fourth-order valence-corrected chi connectivity index (χ4v) is 2.19. The smallest absolute Gasteiger partial charge is 0.313 e. The van der Waals surface area contributed by atoms with Gasteiger partial charge in [0, 0.05) is 18.3 Å². The molecule has 0 aliphatic heterocycles. The topological polar surface area (TPSA) is 76.7 Å². The van der Waals surface area contributed by atoms with Gasteiger partial charge in [0.15, 0.2) is 0 Å². The number of carbonyl (C=O) groups is 2. The van der Waals surface area contributed by atoms with Gasteiger partial charge in [-0.05, 0) is 30.2 Å². The summed E-state index contributed by atoms with van der Waals surface area (Å²) >= 11 is 0. The first kappa shape index (κ1) is 17.3. The van der Waals surface area contributed by atoms with Crippen LogP contribution in [0, 0.1) is 0 Å². The molecule has 2 rings (SSSR count). The van der Waals surface area contributed by atoms with Crippen LogP contribution in [0.3, 0.4) is 0 Å². The predicted molar refractivity (Wildman–Crippen MR) is 91.3 cm³/mol. The van der Waals surface area contributed by atoms with Crippen molar-refractivity contribution in [1.29, 1.82) is 0 Å². The third-order valence-electron chi connectivity index (χ3n) is 3.41. The molecule has 0 aromatic heterocycles. The number of hydrogen-bond acceptors (Lipinski definition) is 4. The number of para-hydroxylation sites is 1. The molecule has 0 aliphatic rings. The summed E-state index contributed by atoms with van der Waals surface area (Å²) in [5, 5.41) is 5.13. The van der Waals surface area contributed by atoms with Crippen LogP contribution in [0.2, 0.25) is 0 Å². The Bertz CT molecular complexity index is 716. The molecule has 0 fully saturated rings. The number of carbonyl (C=O) groups excluding carboxylic acids is 2. The van der Waals surface area contributed by atoms with Gasteiger partial charge in [-0.2, -0.15) is 0 Å². The lowest BCUT2D eigenvalue weighted by molar-refractivity contribution is -0.136. The Balaban J connectivity index is 1.84. The molecule has 0 saturated heterocycles. The second kappa shape index (κ2) is 8.57. The highest BCUT2D eigenvalue weighted by atomic mass is 16.5. The van der Waals surface area contributed by atoms with Crippen LogP contribution in [0.5, 0.6) is 11.5 Å². The Morgan fingerprint density at radius 1 is 0.958 bits per heavy atom. The maximum absolute atomic E-state index is 11.9. The Labute approximate surface area is 140 Å². The molecule has 0 spiro atoms. The highest BCUT2D eigenvalue weighted by Gasteiger charge is 2.13. The zero-order chi connectivity index (χ0) is 17.4. The van der Waals surface area contributed by atoms with E-state index >= 15 is 0 Å². The molecule has 2 aromatic carbocycles. The van der Waals surface area contributed by atoms with Crippen molar-refractivity contribution in [2.24, 2.45) is 0 Å². The van der Waals surface area contributed by atoms with Gasteiger partial charge in [-0.3, -0.25) is 9.59 Å². The van der Waals surface area contributed by atoms with Crippen molar-refractivity contribution in [3.05, 3.63) is 54.1 Å². The second-order valence-electron chi connectivity index (χ2n) is 5.00. The Morgan fingerprint density at radius 3 is 2.50 bits per heavy atom. The van der Waals surface area contributed by atoms with Gasteiger partial charge in [0.05, 0.1) is 14.2 Å². The average Bonchev–Trinajstić information content (AvgIpc) is 2.62. The first-order valence-corrected chi connectivity index (χ1v) is 7.49. The molecular formula is C18H20N2O4. The van der Waals surface area contributed by atoms with E-state index in [1.54, 1.807) is 31.4 Å². The van der Waals surface area contributed by atoms with Crippen LogP contribution in [0.25, 0.3) is 0 Å². The number of amides is 2. The minimum atomic E-state index is -0.719. The number of benzene rings is 2. The molecule has 24 heavy (non-hydrogen) atoms. The molecule has 0 unspecified atom stereocenters. The predicted octanol–water partition coefficient (Wildman–Crippen LogP) is 2.00. The summed E-state index contributed by atoms with van der Waals surface area (Å²) in [6.07, 6.45) is 0.572. The summed E-state index contributed by atoms with van der Waals surface area (Å²) in [5.74, 6) is -0.0482. The van der Waals surface area contributed by atoms with Crippen molar-refractivity contribution in [3.8, 4) is 11.5 Å². The summed E-state index contributed by atoms with van der Waals surface area (Å²) in [6, 6.07) is 14.4. The molecule has 2 N–H and O–H groups in total. The fourth-order valence-electron chi connectivity index (χ4n) is 2.19. The van der Waals surface area contributed by atoms with Gasteiger partial charge < -0.3 is 20.1 Å². The van der Waals surface area contributed by atoms with E-state index in [0.717, 1.165) is 11.3 Å². The number of hydrogen-bond donors (Lipinski definition) is 2. The third kappa shape index (κ3) is 4.74. The van der Waals surface area contributed by atoms with E-state index in [4.69, 9.17) is 9.47 Å². The summed E-state index contributed by atoms with van der Waals surface area (Å²) in [7, 11) is 3.13. The van der Waals surface area contributed by atoms with E-state index in [1.807, 2.05) is 24.3 Å². The van der Waals surface area contributed by atoms with Gasteiger partial charge >= 0.3 is 11.8 Å². The van der Waals surface area contributed by atoms with Gasteiger partial charge in [-0.1, -0.05) is 24.3 Å². The van der Waals surface area contributed by atoms with Crippen LogP contribution in [-0.4, -0.2) is 32.6 Å². The van der Waals surface area contributed by atoms with E-state index in [1.165, 1.54) is 7.11 Å². The molecular weight excluding hydrogens is 308 g/mol. The van der Waals surface area contributed by atoms with Crippen molar-refractivity contribution in [2.75, 3.05) is 26.1 Å². The van der Waals surface area contributed by atoms with E-state index in [2.05, 4.69) is 10.6 Å². The molecule has 0 aliphatic carbocycles. The zero-order valence-electron chi connectivity index (χ0n) is 13.7. The van der Waals surface area contributed by atoms with Crippen molar-refractivity contribution in [1.82, 2.24) is 5.32 Å². The van der Waals surface area contributed by atoms with Gasteiger partial charge in [0.1, 0.15) is 11.5 Å². The lowest BCUT2D eigenvalue weighted by atomic mass is 10.1.